The van der Waals surface area contributed by atoms with Crippen LogP contribution >= 0.6 is 0 Å². The molecule has 4 aliphatic heterocycles. The monoisotopic (exact) mass is 1070 g/mol. The average molecular weight is 1070 g/mol. The van der Waals surface area contributed by atoms with Crippen LogP contribution < -0.4 is 25.8 Å². The molecule has 5 aromatic carbocycles. The standard InChI is InChI=1S/C66H76N4O9/c1-5-69-27-10-28-77-29-25-43-12-8-15-46(31-43)52-23-20-47-34-45(14-7-6-11-42-13-9-16-49(32-42)70-66(67)68-3)48(36-59(47)72)35-51-37-50(71)21-18-44-19-24-61(76-4)62(33-44)79-40-58-53-22-17-41(2)55-39-60(73)64(54(52)26-30-78-51)57(63(53)55)38-56(58)65(74)75/h8-9,12-13,15-17,19-20,22-24,31-34,36,38-39,41,45,48,51-52,54,65,69,72-75H,5-7,10-11,14,18,21,25,27-29,35,37,40H2,1-4H3,(H3,67,68,70). The number of allylic oxidation sites excluding steroid dienone is 5. The number of methoxy groups -OCH3 is 1. The van der Waals surface area contributed by atoms with Gasteiger partial charge >= 0.3 is 0 Å². The summed E-state index contributed by atoms with van der Waals surface area (Å²) in [4.78, 5) is 18.3. The number of aliphatic hydroxyl groups is 3. The molecule has 0 aromatic heterocycles. The van der Waals surface area contributed by atoms with E-state index in [1.807, 2.05) is 66.8 Å². The number of nitrogens with zero attached hydrogens (tertiary/aromatic N) is 1. The number of fused-ring (bicyclic) bond motifs is 7. The Morgan fingerprint density at radius 1 is 0.937 bits per heavy atom. The summed E-state index contributed by atoms with van der Waals surface area (Å²) in [5, 5.41) is 55.3. The Balaban J connectivity index is 1.18. The number of carbonyl (C=O) groups is 1. The van der Waals surface area contributed by atoms with Crippen molar-refractivity contribution in [3.63, 3.8) is 0 Å². The number of Topliss-reactive ketones (excluding diaryl/α,β-unsaturated/α-hetero) is 1. The largest absolute Gasteiger partial charge is 0.508 e. The minimum atomic E-state index is -1.91. The molecule has 0 fully saturated rings. The van der Waals surface area contributed by atoms with Crippen LogP contribution in [0.2, 0.25) is 0 Å². The van der Waals surface area contributed by atoms with Gasteiger partial charge in [-0.15, -0.1) is 0 Å². The topological polar surface area (TPSA) is 197 Å². The van der Waals surface area contributed by atoms with Gasteiger partial charge in [-0.1, -0.05) is 99.0 Å². The summed E-state index contributed by atoms with van der Waals surface area (Å²) < 4.78 is 25.1. The van der Waals surface area contributed by atoms with Crippen molar-refractivity contribution in [2.45, 2.75) is 115 Å². The highest BCUT2D eigenvalue weighted by Crippen LogP contribution is 2.49. The predicted octanol–water partition coefficient (Wildman–Crippen LogP) is 11.3. The van der Waals surface area contributed by atoms with Crippen LogP contribution in [0.15, 0.2) is 126 Å². The third-order valence-corrected chi connectivity index (χ3v) is 15.9. The summed E-state index contributed by atoms with van der Waals surface area (Å²) in [6, 6.07) is 25.7. The van der Waals surface area contributed by atoms with E-state index >= 15 is 0 Å². The van der Waals surface area contributed by atoms with Crippen molar-refractivity contribution >= 4 is 34.3 Å². The van der Waals surface area contributed by atoms with E-state index in [0.29, 0.717) is 72.0 Å². The van der Waals surface area contributed by atoms with Crippen molar-refractivity contribution in [1.82, 2.24) is 5.32 Å². The maximum absolute atomic E-state index is 14.3. The van der Waals surface area contributed by atoms with E-state index < -0.39 is 24.2 Å². The van der Waals surface area contributed by atoms with Crippen LogP contribution in [-0.4, -0.2) is 78.7 Å². The lowest BCUT2D eigenvalue weighted by Gasteiger charge is -2.30. The maximum atomic E-state index is 14.3. The van der Waals surface area contributed by atoms with Gasteiger partial charge in [-0.25, -0.2) is 0 Å². The smallest absolute Gasteiger partial charge is 0.192 e. The van der Waals surface area contributed by atoms with Gasteiger partial charge in [-0.2, -0.15) is 0 Å². The molecule has 0 saturated heterocycles. The molecule has 6 aliphatic rings. The number of phenols is 1. The van der Waals surface area contributed by atoms with Gasteiger partial charge in [0.2, 0.25) is 0 Å². The number of aryl methyl sites for hydroxylation is 2. The number of aromatic hydroxyl groups is 1. The lowest BCUT2D eigenvalue weighted by molar-refractivity contribution is -0.121. The number of benzene rings is 5. The van der Waals surface area contributed by atoms with E-state index in [1.54, 1.807) is 20.2 Å². The van der Waals surface area contributed by atoms with Crippen LogP contribution in [0.25, 0.3) is 16.8 Å². The summed E-state index contributed by atoms with van der Waals surface area (Å²) in [5.41, 5.74) is 14.4. The molecule has 0 saturated carbocycles. The Labute approximate surface area is 464 Å². The second kappa shape index (κ2) is 26.5. The number of ketones is 1. The predicted molar refractivity (Wildman–Crippen MR) is 312 cm³/mol. The highest BCUT2D eigenvalue weighted by molar-refractivity contribution is 6.01. The Morgan fingerprint density at radius 2 is 1.77 bits per heavy atom. The quantitative estimate of drug-likeness (QED) is 0.0153. The molecule has 10 bridgehead atoms. The lowest BCUT2D eigenvalue weighted by atomic mass is 9.74. The van der Waals surface area contributed by atoms with Crippen molar-refractivity contribution in [2.75, 3.05) is 45.8 Å². The van der Waals surface area contributed by atoms with Gasteiger partial charge in [0.05, 0.1) is 19.6 Å². The van der Waals surface area contributed by atoms with Crippen molar-refractivity contribution in [3.8, 4) is 29.3 Å². The molecule has 79 heavy (non-hydrogen) atoms. The minimum Gasteiger partial charge on any atom is -0.508 e. The number of phenolic OH excluding ortho intramolecular Hbond substituents is 1. The van der Waals surface area contributed by atoms with Crippen LogP contribution in [0, 0.1) is 23.9 Å². The number of anilines is 1. The molecule has 11 rings (SSSR count). The van der Waals surface area contributed by atoms with Crippen molar-refractivity contribution in [1.29, 1.82) is 0 Å². The molecule has 8 N–H and O–H groups in total. The fourth-order valence-corrected chi connectivity index (χ4v) is 11.7. The van der Waals surface area contributed by atoms with Crippen LogP contribution in [0.1, 0.15) is 133 Å². The van der Waals surface area contributed by atoms with E-state index in [2.05, 4.69) is 84.0 Å². The molecule has 13 nitrogen and oxygen atoms in total. The highest BCUT2D eigenvalue weighted by Gasteiger charge is 2.34. The fraction of sp³-hybridized carbons (Fsp3) is 0.394. The second-order valence-electron chi connectivity index (χ2n) is 21.3. The number of hydrogen-bond acceptors (Lipinski definition) is 11. The SMILES string of the molecule is CCNCCCOCCc1cccc(C2C=CC3=CC(CCCCc4cccc(NC(N)=NC)c4)C(C=C3O)CC3CC(=O)CCc4ccc(OC)c(c4)OCc4c(C(O)O)cc5c(c(O)cc6c5c4C=CC6C)C2C#CO3)c1. The van der Waals surface area contributed by atoms with Crippen molar-refractivity contribution < 1.29 is 44.2 Å². The van der Waals surface area contributed by atoms with E-state index in [-0.39, 0.29) is 60.1 Å². The van der Waals surface area contributed by atoms with Crippen LogP contribution in [0.5, 0.6) is 17.2 Å². The number of guanidine groups is 1. The molecule has 0 radical (unpaired) electrons. The van der Waals surface area contributed by atoms with Gasteiger partial charge in [0, 0.05) is 66.3 Å². The normalized spacial score (nSPS) is 21.0. The lowest BCUT2D eigenvalue weighted by Crippen LogP contribution is -2.25. The molecule has 5 aromatic rings. The molecule has 0 amide bonds. The van der Waals surface area contributed by atoms with Gasteiger partial charge in [0.25, 0.3) is 0 Å². The molecule has 414 valence electrons. The summed E-state index contributed by atoms with van der Waals surface area (Å²) in [5.74, 6) is 3.30. The highest BCUT2D eigenvalue weighted by atomic mass is 16.5. The maximum Gasteiger partial charge on any atom is 0.192 e. The summed E-state index contributed by atoms with van der Waals surface area (Å²) in [7, 11) is 3.22. The van der Waals surface area contributed by atoms with Gasteiger partial charge < -0.3 is 55.7 Å². The molecular weight excluding hydrogens is 993 g/mol. The number of carbonyl (C=O) groups excluding carboxylic acids is 1. The van der Waals surface area contributed by atoms with E-state index in [4.69, 9.17) is 24.7 Å². The Kier molecular flexibility index (Phi) is 18.9. The zero-order valence-electron chi connectivity index (χ0n) is 46.0. The summed E-state index contributed by atoms with van der Waals surface area (Å²) >= 11 is 0. The number of ether oxygens (including phenoxy) is 4. The Bertz CT molecular complexity index is 3220. The first-order valence-corrected chi connectivity index (χ1v) is 28.0. The molecule has 6 unspecified atom stereocenters. The first-order chi connectivity index (χ1) is 38.4. The molecule has 6 atom stereocenters. The van der Waals surface area contributed by atoms with Crippen molar-refractivity contribution in [3.05, 3.63) is 171 Å². The van der Waals surface area contributed by atoms with Crippen molar-refractivity contribution in [2.24, 2.45) is 22.6 Å². The van der Waals surface area contributed by atoms with E-state index in [0.717, 1.165) is 84.1 Å². The molecular formula is C66H76N4O9. The van der Waals surface area contributed by atoms with Crippen LogP contribution in [0.3, 0.4) is 0 Å². The number of nitrogens with two attached hydrogens (primary N) is 1. The minimum absolute atomic E-state index is 0.000299. The Morgan fingerprint density at radius 3 is 2.58 bits per heavy atom. The second-order valence-corrected chi connectivity index (χ2v) is 21.3. The molecule has 13 heteroatoms. The Hall–Kier alpha value is -7.34. The van der Waals surface area contributed by atoms with Gasteiger partial charge in [0.15, 0.2) is 23.7 Å². The number of nitrogens with one attached hydrogen (secondary N) is 2. The zero-order valence-corrected chi connectivity index (χ0v) is 46.0. The third kappa shape index (κ3) is 13.7. The summed E-state index contributed by atoms with van der Waals surface area (Å²) in [6.45, 7) is 7.11. The number of hydrogen-bond donors (Lipinski definition) is 7. The van der Waals surface area contributed by atoms with Gasteiger partial charge in [0.1, 0.15) is 36.1 Å². The van der Waals surface area contributed by atoms with Gasteiger partial charge in [-0.3, -0.25) is 9.79 Å². The number of rotatable bonds is 17. The molecule has 2 aliphatic carbocycles. The summed E-state index contributed by atoms with van der Waals surface area (Å²) in [6.07, 6.45) is 19.0. The van der Waals surface area contributed by atoms with E-state index in [9.17, 15) is 25.2 Å². The molecule has 4 heterocycles. The van der Waals surface area contributed by atoms with Gasteiger partial charge in [-0.05, 0) is 156 Å². The number of aliphatic imine (C=N–C) groups is 1. The van der Waals surface area contributed by atoms with Crippen LogP contribution in [0.4, 0.5) is 5.69 Å². The number of unbranched alkanes of at least 4 members (excludes halogenated alkanes) is 1. The number of aliphatic hydroxyl groups excluding tert-OH is 2. The first-order valence-electron chi connectivity index (χ1n) is 28.0. The third-order valence-electron chi connectivity index (χ3n) is 15.9. The first kappa shape index (κ1) is 56.4. The van der Waals surface area contributed by atoms with Crippen LogP contribution in [-0.2, 0) is 40.1 Å². The van der Waals surface area contributed by atoms with E-state index in [1.165, 1.54) is 5.56 Å². The average Bonchev–Trinajstić information content (AvgIpc) is 3.64. The fourth-order valence-electron chi connectivity index (χ4n) is 11.7. The zero-order chi connectivity index (χ0) is 55.4. The molecule has 0 spiro atoms.